The highest BCUT2D eigenvalue weighted by Crippen LogP contribution is 2.22. The number of rotatable bonds is 10. The van der Waals surface area contributed by atoms with Crippen molar-refractivity contribution in [3.63, 3.8) is 0 Å². The molecule has 0 saturated carbocycles. The highest BCUT2D eigenvalue weighted by Gasteiger charge is 2.13. The monoisotopic (exact) mass is 572 g/mol. The molecule has 32 heavy (non-hydrogen) atoms. The number of aliphatic imine (C=N–C) groups is 1. The first-order valence-electron chi connectivity index (χ1n) is 10.7. The van der Waals surface area contributed by atoms with Crippen LogP contribution >= 0.6 is 35.6 Å². The van der Waals surface area contributed by atoms with Crippen molar-refractivity contribution >= 4 is 41.5 Å². The quantitative estimate of drug-likeness (QED) is 0.196. The van der Waals surface area contributed by atoms with Crippen molar-refractivity contribution in [3.8, 4) is 11.4 Å². The zero-order valence-corrected chi connectivity index (χ0v) is 21.7. The normalized spacial score (nSPS) is 11.5. The van der Waals surface area contributed by atoms with Gasteiger partial charge in [-0.15, -0.1) is 24.0 Å². The molecule has 0 spiro atoms. The molecule has 2 aromatic heterocycles. The molecule has 0 bridgehead atoms. The average molecular weight is 573 g/mol. The van der Waals surface area contributed by atoms with E-state index in [0.717, 1.165) is 36.4 Å². The van der Waals surface area contributed by atoms with Crippen LogP contribution in [0.1, 0.15) is 56.9 Å². The highest BCUT2D eigenvalue weighted by molar-refractivity contribution is 14.0. The van der Waals surface area contributed by atoms with Crippen LogP contribution in [-0.2, 0) is 13.0 Å². The Hall–Kier alpha value is -2.14. The maximum absolute atomic E-state index is 5.92. The van der Waals surface area contributed by atoms with E-state index >= 15 is 0 Å². The van der Waals surface area contributed by atoms with Gasteiger partial charge in [-0.1, -0.05) is 35.8 Å². The fraction of sp³-hybridized carbons (Fsp3) is 0.455. The molecule has 174 valence electrons. The first-order chi connectivity index (χ1) is 15.1. The summed E-state index contributed by atoms with van der Waals surface area (Å²) in [6, 6.07) is 9.33. The van der Waals surface area contributed by atoms with Crippen molar-refractivity contribution in [1.82, 2.24) is 25.9 Å². The molecule has 2 heterocycles. The molecule has 0 atom stereocenters. The minimum Gasteiger partial charge on any atom is -0.359 e. The first-order valence-corrected chi connectivity index (χ1v) is 11.1. The molecule has 1 aromatic carbocycles. The van der Waals surface area contributed by atoms with E-state index in [0.29, 0.717) is 48.1 Å². The summed E-state index contributed by atoms with van der Waals surface area (Å²) >= 11 is 5.92. The summed E-state index contributed by atoms with van der Waals surface area (Å²) in [5.41, 5.74) is 1.86. The van der Waals surface area contributed by atoms with Crippen LogP contribution in [0.2, 0.25) is 5.02 Å². The van der Waals surface area contributed by atoms with Crippen LogP contribution in [0, 0.1) is 0 Å². The Labute approximate surface area is 210 Å². The van der Waals surface area contributed by atoms with E-state index in [2.05, 4.69) is 44.8 Å². The van der Waals surface area contributed by atoms with Gasteiger partial charge in [0, 0.05) is 42.1 Å². The molecular weight excluding hydrogens is 543 g/mol. The smallest absolute Gasteiger partial charge is 0.228 e. The third-order valence-corrected chi connectivity index (χ3v) is 5.17. The van der Waals surface area contributed by atoms with Gasteiger partial charge in [0.05, 0.1) is 5.69 Å². The summed E-state index contributed by atoms with van der Waals surface area (Å²) in [5.74, 6) is 2.98. The maximum atomic E-state index is 5.92. The van der Waals surface area contributed by atoms with Gasteiger partial charge in [-0.3, -0.25) is 0 Å². The van der Waals surface area contributed by atoms with Gasteiger partial charge in [0.15, 0.2) is 11.7 Å². The molecule has 0 aliphatic carbocycles. The van der Waals surface area contributed by atoms with Gasteiger partial charge in [-0.25, -0.2) is 4.99 Å². The Bertz CT molecular complexity index is 969. The third-order valence-electron chi connectivity index (χ3n) is 4.92. The van der Waals surface area contributed by atoms with Gasteiger partial charge in [-0.05, 0) is 44.0 Å². The van der Waals surface area contributed by atoms with E-state index in [-0.39, 0.29) is 24.0 Å². The van der Waals surface area contributed by atoms with E-state index in [1.165, 1.54) is 0 Å². The molecule has 0 amide bonds. The number of nitrogens with zero attached hydrogens (tertiary/aromatic N) is 4. The second-order valence-corrected chi connectivity index (χ2v) is 7.56. The Balaban J connectivity index is 0.00000363. The Morgan fingerprint density at radius 1 is 1.06 bits per heavy atom. The van der Waals surface area contributed by atoms with Crippen LogP contribution in [0.4, 0.5) is 0 Å². The summed E-state index contributed by atoms with van der Waals surface area (Å²) in [5, 5.41) is 15.4. The van der Waals surface area contributed by atoms with Crippen LogP contribution in [0.5, 0.6) is 0 Å². The minimum absolute atomic E-state index is 0. The van der Waals surface area contributed by atoms with Crippen molar-refractivity contribution < 1.29 is 9.05 Å². The van der Waals surface area contributed by atoms with Gasteiger partial charge in [0.25, 0.3) is 0 Å². The van der Waals surface area contributed by atoms with Gasteiger partial charge in [0.2, 0.25) is 11.7 Å². The number of benzene rings is 1. The van der Waals surface area contributed by atoms with Crippen molar-refractivity contribution in [2.75, 3.05) is 13.1 Å². The lowest BCUT2D eigenvalue weighted by Gasteiger charge is -2.09. The first kappa shape index (κ1) is 26.1. The Morgan fingerprint density at radius 2 is 1.81 bits per heavy atom. The Morgan fingerprint density at radius 3 is 2.50 bits per heavy atom. The average Bonchev–Trinajstić information content (AvgIpc) is 3.44. The maximum Gasteiger partial charge on any atom is 0.228 e. The van der Waals surface area contributed by atoms with E-state index in [1.807, 2.05) is 25.1 Å². The topological polar surface area (TPSA) is 101 Å². The van der Waals surface area contributed by atoms with Crippen molar-refractivity contribution in [3.05, 3.63) is 52.7 Å². The van der Waals surface area contributed by atoms with Gasteiger partial charge in [-0.2, -0.15) is 4.98 Å². The molecule has 0 fully saturated rings. The zero-order valence-electron chi connectivity index (χ0n) is 18.6. The standard InChI is InChI=1S/C22H29ClN6O2.HI/c1-4-15(5-2)19-13-18(30-28-19)14-26-22(24-6-3)25-12-11-20-27-21(29-31-20)16-7-9-17(23)10-8-16;/h7-10,13,15H,4-6,11-12,14H2,1-3H3,(H2,24,25,26);1H. The van der Waals surface area contributed by atoms with E-state index < -0.39 is 0 Å². The molecule has 3 rings (SSSR count). The fourth-order valence-electron chi connectivity index (χ4n) is 3.16. The van der Waals surface area contributed by atoms with Crippen molar-refractivity contribution in [2.45, 2.75) is 52.5 Å². The largest absolute Gasteiger partial charge is 0.359 e. The predicted octanol–water partition coefficient (Wildman–Crippen LogP) is 5.20. The molecule has 2 N–H and O–H groups in total. The lowest BCUT2D eigenvalue weighted by Crippen LogP contribution is -2.38. The van der Waals surface area contributed by atoms with Gasteiger partial charge < -0.3 is 19.7 Å². The van der Waals surface area contributed by atoms with Gasteiger partial charge in [0.1, 0.15) is 6.54 Å². The second kappa shape index (κ2) is 13.4. The molecule has 3 aromatic rings. The number of guanidine groups is 1. The summed E-state index contributed by atoms with van der Waals surface area (Å²) in [7, 11) is 0. The molecule has 0 saturated heterocycles. The number of nitrogens with one attached hydrogen (secondary N) is 2. The molecule has 0 aliphatic rings. The van der Waals surface area contributed by atoms with E-state index in [4.69, 9.17) is 20.6 Å². The van der Waals surface area contributed by atoms with E-state index in [9.17, 15) is 0 Å². The lowest BCUT2D eigenvalue weighted by molar-refractivity contribution is 0.372. The molecule has 0 radical (unpaired) electrons. The molecule has 0 aliphatic heterocycles. The number of halogens is 2. The molecule has 8 nitrogen and oxygen atoms in total. The van der Waals surface area contributed by atoms with Crippen molar-refractivity contribution in [2.24, 2.45) is 4.99 Å². The fourth-order valence-corrected chi connectivity index (χ4v) is 3.29. The van der Waals surface area contributed by atoms with E-state index in [1.54, 1.807) is 12.1 Å². The number of hydrogen-bond acceptors (Lipinski definition) is 6. The van der Waals surface area contributed by atoms with Crippen LogP contribution in [-0.4, -0.2) is 34.3 Å². The zero-order chi connectivity index (χ0) is 22.1. The molecule has 0 unspecified atom stereocenters. The van der Waals surface area contributed by atoms with Crippen LogP contribution in [0.25, 0.3) is 11.4 Å². The Kier molecular flexibility index (Phi) is 10.9. The molecular formula is C22H30ClIN6O2. The minimum atomic E-state index is 0. The highest BCUT2D eigenvalue weighted by atomic mass is 127. The summed E-state index contributed by atoms with van der Waals surface area (Å²) < 4.78 is 10.8. The van der Waals surface area contributed by atoms with Crippen molar-refractivity contribution in [1.29, 1.82) is 0 Å². The lowest BCUT2D eigenvalue weighted by atomic mass is 9.99. The summed E-state index contributed by atoms with van der Waals surface area (Å²) in [4.78, 5) is 9.02. The summed E-state index contributed by atoms with van der Waals surface area (Å²) in [6.07, 6.45) is 2.67. The third kappa shape index (κ3) is 7.47. The predicted molar refractivity (Wildman–Crippen MR) is 137 cm³/mol. The summed E-state index contributed by atoms with van der Waals surface area (Å²) in [6.45, 7) is 8.12. The van der Waals surface area contributed by atoms with Gasteiger partial charge >= 0.3 is 0 Å². The van der Waals surface area contributed by atoms with Crippen LogP contribution in [0.3, 0.4) is 0 Å². The number of aromatic nitrogens is 3. The van der Waals surface area contributed by atoms with Crippen LogP contribution < -0.4 is 10.6 Å². The SMILES string of the molecule is CCNC(=NCc1cc(C(CC)CC)no1)NCCc1nc(-c2ccc(Cl)cc2)no1.I. The molecule has 10 heteroatoms. The number of hydrogen-bond donors (Lipinski definition) is 2. The second-order valence-electron chi connectivity index (χ2n) is 7.12. The van der Waals surface area contributed by atoms with Crippen LogP contribution in [0.15, 0.2) is 44.4 Å².